The van der Waals surface area contributed by atoms with E-state index in [0.29, 0.717) is 16.6 Å². The Labute approximate surface area is 182 Å². The van der Waals surface area contributed by atoms with Gasteiger partial charge in [0.1, 0.15) is 22.3 Å². The van der Waals surface area contributed by atoms with E-state index in [4.69, 9.17) is 16.1 Å². The van der Waals surface area contributed by atoms with Gasteiger partial charge in [-0.25, -0.2) is 0 Å². The fraction of sp³-hybridized carbons (Fsp3) is 0.478. The summed E-state index contributed by atoms with van der Waals surface area (Å²) < 4.78 is 7.00. The van der Waals surface area contributed by atoms with Gasteiger partial charge in [0.15, 0.2) is 0 Å². The third-order valence-corrected chi connectivity index (χ3v) is 7.26. The first-order valence-corrected chi connectivity index (χ1v) is 11.1. The second kappa shape index (κ2) is 7.84. The van der Waals surface area contributed by atoms with Crippen LogP contribution in [0, 0.1) is 12.3 Å². The first-order chi connectivity index (χ1) is 14.5. The fourth-order valence-electron chi connectivity index (χ4n) is 5.04. The molecule has 1 spiro atoms. The van der Waals surface area contributed by atoms with E-state index in [2.05, 4.69) is 50.8 Å². The van der Waals surface area contributed by atoms with Gasteiger partial charge < -0.3 is 9.84 Å². The number of benzene rings is 1. The number of likely N-dealkylation sites (tertiary alicyclic amines) is 1. The van der Waals surface area contributed by atoms with Crippen LogP contribution in [0.25, 0.3) is 11.4 Å². The lowest BCUT2D eigenvalue weighted by Gasteiger charge is -2.48. The van der Waals surface area contributed by atoms with Crippen molar-refractivity contribution < 1.29 is 4.52 Å². The molecule has 2 saturated heterocycles. The van der Waals surface area contributed by atoms with Crippen molar-refractivity contribution in [2.24, 2.45) is 12.5 Å². The lowest BCUT2D eigenvalue weighted by atomic mass is 9.71. The van der Waals surface area contributed by atoms with Crippen LogP contribution in [-0.4, -0.2) is 45.5 Å². The molecule has 0 aliphatic carbocycles. The Balaban J connectivity index is 1.27. The van der Waals surface area contributed by atoms with Crippen LogP contribution in [0.3, 0.4) is 0 Å². The first kappa shape index (κ1) is 19.8. The summed E-state index contributed by atoms with van der Waals surface area (Å²) in [7, 11) is 1.88. The third kappa shape index (κ3) is 3.57. The van der Waals surface area contributed by atoms with Gasteiger partial charge in [0, 0.05) is 49.8 Å². The lowest BCUT2D eigenvalue weighted by molar-refractivity contribution is 0.0819. The molecule has 7 heteroatoms. The molecule has 3 aromatic rings. The highest BCUT2D eigenvalue weighted by atomic mass is 35.5. The zero-order valence-corrected chi connectivity index (χ0v) is 18.3. The van der Waals surface area contributed by atoms with Gasteiger partial charge in [-0.3, -0.25) is 9.58 Å². The maximum Gasteiger partial charge on any atom is 0.134 e. The fourth-order valence-corrected chi connectivity index (χ4v) is 5.23. The van der Waals surface area contributed by atoms with Crippen molar-refractivity contribution in [1.82, 2.24) is 25.2 Å². The molecule has 30 heavy (non-hydrogen) atoms. The van der Waals surface area contributed by atoms with Crippen LogP contribution in [0.1, 0.15) is 29.7 Å². The Bertz CT molecular complexity index is 1030. The Kier molecular flexibility index (Phi) is 5.17. The van der Waals surface area contributed by atoms with Crippen LogP contribution in [0.15, 0.2) is 40.9 Å². The van der Waals surface area contributed by atoms with Crippen LogP contribution in [0.5, 0.6) is 0 Å². The average molecular weight is 426 g/mol. The summed E-state index contributed by atoms with van der Waals surface area (Å²) >= 11 is 6.62. The summed E-state index contributed by atoms with van der Waals surface area (Å²) in [5, 5.41) is 13.1. The van der Waals surface area contributed by atoms with E-state index in [1.54, 1.807) is 4.68 Å². The second-order valence-electron chi connectivity index (χ2n) is 8.85. The van der Waals surface area contributed by atoms with Gasteiger partial charge in [-0.05, 0) is 38.3 Å². The molecule has 0 amide bonds. The van der Waals surface area contributed by atoms with Gasteiger partial charge in [-0.15, -0.1) is 0 Å². The van der Waals surface area contributed by atoms with Crippen molar-refractivity contribution in [1.29, 1.82) is 0 Å². The molecule has 2 aliphatic rings. The zero-order valence-electron chi connectivity index (χ0n) is 17.6. The molecule has 0 bridgehead atoms. The number of halogens is 1. The van der Waals surface area contributed by atoms with Crippen molar-refractivity contribution in [3.8, 4) is 11.4 Å². The normalized spacial score (nSPS) is 23.9. The van der Waals surface area contributed by atoms with Gasteiger partial charge >= 0.3 is 0 Å². The minimum Gasteiger partial charge on any atom is -0.361 e. The standard InChI is InChI=1S/C23H28ClN5O/c1-16-12-19(27-30-16)21-18(22(24)28(2)26-21)13-29-11-10-23(15-29)14-25-20(23)9-8-17-6-4-3-5-7-17/h3-7,12,20,25H,8-11,13-15H2,1-2H3. The molecule has 0 radical (unpaired) electrons. The highest BCUT2D eigenvalue weighted by molar-refractivity contribution is 6.30. The minimum atomic E-state index is 0.383. The smallest absolute Gasteiger partial charge is 0.134 e. The Hall–Kier alpha value is -2.15. The first-order valence-electron chi connectivity index (χ1n) is 10.7. The molecule has 2 atom stereocenters. The van der Waals surface area contributed by atoms with Crippen LogP contribution in [-0.2, 0) is 20.0 Å². The molecule has 2 aliphatic heterocycles. The summed E-state index contributed by atoms with van der Waals surface area (Å²) in [5.74, 6) is 0.777. The molecule has 0 saturated carbocycles. The highest BCUT2D eigenvalue weighted by Gasteiger charge is 2.50. The van der Waals surface area contributed by atoms with Gasteiger partial charge in [0.2, 0.25) is 0 Å². The molecule has 5 rings (SSSR count). The molecule has 2 unspecified atom stereocenters. The van der Waals surface area contributed by atoms with Gasteiger partial charge in [0.05, 0.1) is 0 Å². The van der Waals surface area contributed by atoms with Gasteiger partial charge in [0.25, 0.3) is 0 Å². The number of hydrogen-bond donors (Lipinski definition) is 1. The number of aryl methyl sites for hydroxylation is 3. The van der Waals surface area contributed by atoms with Crippen LogP contribution in [0.2, 0.25) is 5.15 Å². The van der Waals surface area contributed by atoms with E-state index in [1.165, 1.54) is 18.4 Å². The van der Waals surface area contributed by atoms with E-state index < -0.39 is 0 Å². The van der Waals surface area contributed by atoms with Crippen LogP contribution >= 0.6 is 11.6 Å². The van der Waals surface area contributed by atoms with E-state index >= 15 is 0 Å². The molecule has 1 N–H and O–H groups in total. The SMILES string of the molecule is Cc1cc(-c2nn(C)c(Cl)c2CN2CCC3(CNC3CCc3ccccc3)C2)no1. The molecule has 6 nitrogen and oxygen atoms in total. The van der Waals surface area contributed by atoms with Crippen molar-refractivity contribution in [2.45, 2.75) is 38.8 Å². The van der Waals surface area contributed by atoms with Crippen molar-refractivity contribution in [2.75, 3.05) is 19.6 Å². The number of rotatable bonds is 6. The largest absolute Gasteiger partial charge is 0.361 e. The summed E-state index contributed by atoms with van der Waals surface area (Å²) in [6, 6.07) is 13.3. The van der Waals surface area contributed by atoms with Crippen LogP contribution < -0.4 is 5.32 Å². The van der Waals surface area contributed by atoms with E-state index in [1.807, 2.05) is 20.0 Å². The molecule has 1 aromatic carbocycles. The van der Waals surface area contributed by atoms with Crippen molar-refractivity contribution in [3.63, 3.8) is 0 Å². The number of nitrogens with one attached hydrogen (secondary N) is 1. The van der Waals surface area contributed by atoms with Crippen LogP contribution in [0.4, 0.5) is 0 Å². The summed E-state index contributed by atoms with van der Waals surface area (Å²) in [6.07, 6.45) is 3.55. The Morgan fingerprint density at radius 1 is 1.30 bits per heavy atom. The van der Waals surface area contributed by atoms with Crippen molar-refractivity contribution >= 4 is 11.6 Å². The van der Waals surface area contributed by atoms with Gasteiger partial charge in [-0.1, -0.05) is 47.1 Å². The molecule has 2 fully saturated rings. The Morgan fingerprint density at radius 2 is 2.13 bits per heavy atom. The third-order valence-electron chi connectivity index (χ3n) is 6.79. The topological polar surface area (TPSA) is 59.1 Å². The van der Waals surface area contributed by atoms with E-state index in [9.17, 15) is 0 Å². The minimum absolute atomic E-state index is 0.383. The maximum absolute atomic E-state index is 6.62. The summed E-state index contributed by atoms with van der Waals surface area (Å²) in [4.78, 5) is 2.52. The van der Waals surface area contributed by atoms with Crippen molar-refractivity contribution in [3.05, 3.63) is 58.4 Å². The molecule has 4 heterocycles. The van der Waals surface area contributed by atoms with Gasteiger partial charge in [-0.2, -0.15) is 5.10 Å². The molecule has 2 aromatic heterocycles. The number of hydrogen-bond acceptors (Lipinski definition) is 5. The molecular weight excluding hydrogens is 398 g/mol. The number of aromatic nitrogens is 3. The molecule has 158 valence electrons. The van der Waals surface area contributed by atoms with E-state index in [-0.39, 0.29) is 0 Å². The average Bonchev–Trinajstić information content (AvgIpc) is 3.44. The predicted octanol–water partition coefficient (Wildman–Crippen LogP) is 3.83. The van der Waals surface area contributed by atoms with E-state index in [0.717, 1.165) is 55.3 Å². The monoisotopic (exact) mass is 425 g/mol. The maximum atomic E-state index is 6.62. The summed E-state index contributed by atoms with van der Waals surface area (Å²) in [6.45, 7) is 5.98. The molecular formula is C23H28ClN5O. The highest BCUT2D eigenvalue weighted by Crippen LogP contribution is 2.42. The zero-order chi connectivity index (χ0) is 20.7. The Morgan fingerprint density at radius 3 is 2.83 bits per heavy atom. The second-order valence-corrected chi connectivity index (χ2v) is 9.20. The predicted molar refractivity (Wildman–Crippen MR) is 117 cm³/mol. The lowest BCUT2D eigenvalue weighted by Crippen LogP contribution is -2.63. The number of nitrogens with zero attached hydrogens (tertiary/aromatic N) is 4. The quantitative estimate of drug-likeness (QED) is 0.650. The summed E-state index contributed by atoms with van der Waals surface area (Å²) in [5.41, 5.74) is 4.43.